The van der Waals surface area contributed by atoms with Crippen molar-refractivity contribution in [2.24, 2.45) is 0 Å². The number of benzene rings is 1. The normalized spacial score (nSPS) is 10.8. The molecule has 8 heteroatoms. The molecule has 2 N–H and O–H groups in total. The van der Waals surface area contributed by atoms with Gasteiger partial charge in [0.1, 0.15) is 28.1 Å². The van der Waals surface area contributed by atoms with Gasteiger partial charge in [-0.15, -0.1) is 0 Å². The Kier molecular flexibility index (Phi) is 4.19. The number of phenolic OH excluding ortho intramolecular Hbond substituents is 1. The van der Waals surface area contributed by atoms with Gasteiger partial charge in [0.2, 0.25) is 0 Å². The van der Waals surface area contributed by atoms with Crippen LogP contribution in [0.15, 0.2) is 46.4 Å². The van der Waals surface area contributed by atoms with Gasteiger partial charge in [0.15, 0.2) is 0 Å². The lowest BCUT2D eigenvalue weighted by Gasteiger charge is -2.03. The summed E-state index contributed by atoms with van der Waals surface area (Å²) in [6.07, 6.45) is 1.10. The molecule has 22 heavy (non-hydrogen) atoms. The topological polar surface area (TPSA) is 129 Å². The maximum absolute atomic E-state index is 11.9. The number of hydrogen-bond acceptors (Lipinski definition) is 6. The number of phenols is 1. The Labute approximate surface area is 124 Å². The Morgan fingerprint density at radius 1 is 1.32 bits per heavy atom. The molecule has 0 radical (unpaired) electrons. The van der Waals surface area contributed by atoms with Crippen LogP contribution in [-0.2, 0) is 4.79 Å². The maximum Gasteiger partial charge on any atom is 0.433 e. The van der Waals surface area contributed by atoms with E-state index in [-0.39, 0.29) is 17.1 Å². The lowest BCUT2D eigenvalue weighted by Crippen LogP contribution is -2.13. The molecule has 1 heterocycles. The molecule has 0 bridgehead atoms. The van der Waals surface area contributed by atoms with Gasteiger partial charge >= 0.3 is 5.88 Å². The van der Waals surface area contributed by atoms with Crippen LogP contribution in [0.25, 0.3) is 6.08 Å². The van der Waals surface area contributed by atoms with Crippen molar-refractivity contribution in [1.82, 2.24) is 0 Å². The highest BCUT2D eigenvalue weighted by Gasteiger charge is 2.14. The molecule has 2 rings (SSSR count). The summed E-state index contributed by atoms with van der Waals surface area (Å²) >= 11 is 0. The first-order chi connectivity index (χ1) is 10.5. The number of rotatable bonds is 4. The molecule has 1 amide bonds. The Balaban J connectivity index is 2.17. The van der Waals surface area contributed by atoms with Crippen LogP contribution in [0.5, 0.6) is 5.75 Å². The SMILES string of the molecule is N#C/C(=C/c1ccc([N+](=O)[O-])o1)C(=O)Nc1ccc(O)cc1. The van der Waals surface area contributed by atoms with Crippen molar-refractivity contribution in [3.05, 3.63) is 57.8 Å². The van der Waals surface area contributed by atoms with E-state index in [0.29, 0.717) is 5.69 Å². The number of nitrogens with one attached hydrogen (secondary N) is 1. The molecule has 110 valence electrons. The quantitative estimate of drug-likeness (QED) is 0.293. The number of hydrogen-bond donors (Lipinski definition) is 2. The highest BCUT2D eigenvalue weighted by atomic mass is 16.6. The number of nitriles is 1. The summed E-state index contributed by atoms with van der Waals surface area (Å²) in [4.78, 5) is 21.7. The van der Waals surface area contributed by atoms with E-state index in [1.54, 1.807) is 6.07 Å². The van der Waals surface area contributed by atoms with Crippen molar-refractivity contribution in [2.45, 2.75) is 0 Å². The number of aromatic hydroxyl groups is 1. The van der Waals surface area contributed by atoms with Crippen LogP contribution in [0.3, 0.4) is 0 Å². The summed E-state index contributed by atoms with van der Waals surface area (Å²) in [5, 5.41) is 31.1. The first-order valence-corrected chi connectivity index (χ1v) is 5.96. The average Bonchev–Trinajstić information content (AvgIpc) is 2.96. The third-order valence-electron chi connectivity index (χ3n) is 2.57. The highest BCUT2D eigenvalue weighted by molar-refractivity contribution is 6.09. The van der Waals surface area contributed by atoms with Crippen LogP contribution in [0, 0.1) is 21.4 Å². The number of amides is 1. The van der Waals surface area contributed by atoms with Crippen LogP contribution in [0.4, 0.5) is 11.6 Å². The molecule has 0 saturated heterocycles. The molecule has 0 unspecified atom stereocenters. The van der Waals surface area contributed by atoms with E-state index in [9.17, 15) is 14.9 Å². The fraction of sp³-hybridized carbons (Fsp3) is 0. The van der Waals surface area contributed by atoms with E-state index in [2.05, 4.69) is 5.32 Å². The molecule has 1 aromatic heterocycles. The number of carbonyl (C=O) groups excluding carboxylic acids is 1. The molecule has 0 aliphatic rings. The summed E-state index contributed by atoms with van der Waals surface area (Å²) in [6.45, 7) is 0. The first-order valence-electron chi connectivity index (χ1n) is 5.96. The van der Waals surface area contributed by atoms with Gasteiger partial charge in [-0.05, 0) is 30.3 Å². The fourth-order valence-corrected chi connectivity index (χ4v) is 1.55. The lowest BCUT2D eigenvalue weighted by atomic mass is 10.2. The van der Waals surface area contributed by atoms with Gasteiger partial charge in [0, 0.05) is 11.8 Å². The van der Waals surface area contributed by atoms with E-state index >= 15 is 0 Å². The second-order valence-electron chi connectivity index (χ2n) is 4.10. The molecule has 1 aromatic carbocycles. The van der Waals surface area contributed by atoms with Gasteiger partial charge < -0.3 is 14.8 Å². The van der Waals surface area contributed by atoms with Gasteiger partial charge in [-0.1, -0.05) is 0 Å². The summed E-state index contributed by atoms with van der Waals surface area (Å²) in [5.41, 5.74) is 0.103. The van der Waals surface area contributed by atoms with E-state index in [1.165, 1.54) is 30.3 Å². The number of anilines is 1. The third kappa shape index (κ3) is 3.49. The van der Waals surface area contributed by atoms with Gasteiger partial charge in [-0.25, -0.2) is 0 Å². The predicted octanol–water partition coefficient (Wildman–Crippen LogP) is 2.44. The molecular weight excluding hydrogens is 290 g/mol. The number of carbonyl (C=O) groups is 1. The van der Waals surface area contributed by atoms with Gasteiger partial charge in [0.25, 0.3) is 5.91 Å². The van der Waals surface area contributed by atoms with Crippen LogP contribution < -0.4 is 5.32 Å². The second kappa shape index (κ2) is 6.23. The molecule has 2 aromatic rings. The molecule has 0 aliphatic heterocycles. The third-order valence-corrected chi connectivity index (χ3v) is 2.57. The van der Waals surface area contributed by atoms with Crippen molar-refractivity contribution < 1.29 is 19.2 Å². The van der Waals surface area contributed by atoms with Crippen LogP contribution in [0.2, 0.25) is 0 Å². The van der Waals surface area contributed by atoms with Crippen LogP contribution in [0.1, 0.15) is 5.76 Å². The summed E-state index contributed by atoms with van der Waals surface area (Å²) in [6, 6.07) is 9.76. The Bertz CT molecular complexity index is 784. The summed E-state index contributed by atoms with van der Waals surface area (Å²) in [7, 11) is 0. The maximum atomic E-state index is 11.9. The highest BCUT2D eigenvalue weighted by Crippen LogP contribution is 2.19. The van der Waals surface area contributed by atoms with Gasteiger partial charge in [-0.3, -0.25) is 14.9 Å². The minimum Gasteiger partial charge on any atom is -0.508 e. The monoisotopic (exact) mass is 299 g/mol. The molecule has 0 aliphatic carbocycles. The Morgan fingerprint density at radius 2 is 2.00 bits per heavy atom. The van der Waals surface area contributed by atoms with E-state index in [4.69, 9.17) is 14.8 Å². The van der Waals surface area contributed by atoms with Crippen molar-refractivity contribution in [3.8, 4) is 11.8 Å². The minimum absolute atomic E-state index is 0.0177. The van der Waals surface area contributed by atoms with Gasteiger partial charge in [-0.2, -0.15) is 5.26 Å². The molecular formula is C14H9N3O5. The fourth-order valence-electron chi connectivity index (χ4n) is 1.55. The Hall–Kier alpha value is -3.60. The summed E-state index contributed by atoms with van der Waals surface area (Å²) < 4.78 is 4.85. The smallest absolute Gasteiger partial charge is 0.433 e. The minimum atomic E-state index is -0.722. The lowest BCUT2D eigenvalue weighted by molar-refractivity contribution is -0.402. The molecule has 0 saturated carbocycles. The molecule has 0 atom stereocenters. The van der Waals surface area contributed by atoms with Crippen LogP contribution in [-0.4, -0.2) is 15.9 Å². The standard InChI is InChI=1S/C14H9N3O5/c15-8-9(7-12-5-6-13(22-12)17(20)21)14(19)16-10-1-3-11(18)4-2-10/h1-7,18H,(H,16,19)/b9-7-. The zero-order valence-corrected chi connectivity index (χ0v) is 11.0. The Morgan fingerprint density at radius 3 is 2.55 bits per heavy atom. The molecule has 0 fully saturated rings. The number of furan rings is 1. The van der Waals surface area contributed by atoms with Crippen molar-refractivity contribution in [1.29, 1.82) is 5.26 Å². The van der Waals surface area contributed by atoms with Crippen molar-refractivity contribution >= 4 is 23.6 Å². The van der Waals surface area contributed by atoms with E-state index in [0.717, 1.165) is 12.1 Å². The van der Waals surface area contributed by atoms with Gasteiger partial charge in [0.05, 0.1) is 6.07 Å². The van der Waals surface area contributed by atoms with E-state index < -0.39 is 16.7 Å². The van der Waals surface area contributed by atoms with Crippen molar-refractivity contribution in [3.63, 3.8) is 0 Å². The first kappa shape index (κ1) is 14.8. The predicted molar refractivity (Wildman–Crippen MR) is 75.7 cm³/mol. The molecule has 8 nitrogen and oxygen atoms in total. The molecule has 0 spiro atoms. The number of nitro groups is 1. The average molecular weight is 299 g/mol. The van der Waals surface area contributed by atoms with E-state index in [1.807, 2.05) is 0 Å². The summed E-state index contributed by atoms with van der Waals surface area (Å²) in [5.74, 6) is -1.13. The van der Waals surface area contributed by atoms with Crippen LogP contribution >= 0.6 is 0 Å². The zero-order chi connectivity index (χ0) is 16.1. The zero-order valence-electron chi connectivity index (χ0n) is 11.0. The number of nitrogens with zero attached hydrogens (tertiary/aromatic N) is 2. The second-order valence-corrected chi connectivity index (χ2v) is 4.10. The van der Waals surface area contributed by atoms with Crippen molar-refractivity contribution in [2.75, 3.05) is 5.32 Å². The largest absolute Gasteiger partial charge is 0.508 e.